The first kappa shape index (κ1) is 13.4. The molecule has 1 aliphatic heterocycles. The Morgan fingerprint density at radius 1 is 1.26 bits per heavy atom. The highest BCUT2D eigenvalue weighted by Gasteiger charge is 2.25. The number of hydrogen-bond donors (Lipinski definition) is 1. The van der Waals surface area contributed by atoms with Crippen molar-refractivity contribution in [3.8, 4) is 11.8 Å². The number of rotatable bonds is 3. The molecule has 0 spiro atoms. The third-order valence-corrected chi connectivity index (χ3v) is 3.50. The molecule has 0 bridgehead atoms. The number of benzene rings is 1. The van der Waals surface area contributed by atoms with Gasteiger partial charge in [-0.05, 0) is 43.4 Å². The van der Waals surface area contributed by atoms with Crippen molar-refractivity contribution >= 4 is 5.91 Å². The lowest BCUT2D eigenvalue weighted by Gasteiger charge is -2.28. The minimum absolute atomic E-state index is 0.0599. The van der Waals surface area contributed by atoms with Crippen LogP contribution in [-0.4, -0.2) is 29.0 Å². The minimum atomic E-state index is -0.623. The van der Waals surface area contributed by atoms with Gasteiger partial charge in [0.1, 0.15) is 11.7 Å². The van der Waals surface area contributed by atoms with E-state index < -0.39 is 5.92 Å². The number of aromatic hydroxyl groups is 1. The van der Waals surface area contributed by atoms with Gasteiger partial charge in [-0.2, -0.15) is 5.26 Å². The summed E-state index contributed by atoms with van der Waals surface area (Å²) in [7, 11) is 0. The maximum atomic E-state index is 12.3. The van der Waals surface area contributed by atoms with Crippen LogP contribution in [0.1, 0.15) is 24.8 Å². The van der Waals surface area contributed by atoms with E-state index in [0.29, 0.717) is 6.42 Å². The lowest BCUT2D eigenvalue weighted by Crippen LogP contribution is -2.39. The summed E-state index contributed by atoms with van der Waals surface area (Å²) in [4.78, 5) is 14.1. The van der Waals surface area contributed by atoms with E-state index in [1.165, 1.54) is 6.42 Å². The zero-order chi connectivity index (χ0) is 13.7. The van der Waals surface area contributed by atoms with Crippen LogP contribution in [0, 0.1) is 17.2 Å². The highest BCUT2D eigenvalue weighted by Crippen LogP contribution is 2.17. The van der Waals surface area contributed by atoms with Gasteiger partial charge >= 0.3 is 0 Å². The van der Waals surface area contributed by atoms with E-state index >= 15 is 0 Å². The summed E-state index contributed by atoms with van der Waals surface area (Å²) >= 11 is 0. The summed E-state index contributed by atoms with van der Waals surface area (Å²) in [6, 6.07) is 8.77. The Morgan fingerprint density at radius 2 is 1.89 bits per heavy atom. The van der Waals surface area contributed by atoms with Crippen molar-refractivity contribution in [2.45, 2.75) is 25.7 Å². The quantitative estimate of drug-likeness (QED) is 0.902. The molecule has 0 saturated carbocycles. The Balaban J connectivity index is 2.01. The first-order chi connectivity index (χ1) is 9.20. The Kier molecular flexibility index (Phi) is 4.40. The summed E-state index contributed by atoms with van der Waals surface area (Å²) in [5.74, 6) is -0.488. The monoisotopic (exact) mass is 258 g/mol. The summed E-state index contributed by atoms with van der Waals surface area (Å²) in [5.41, 5.74) is 0.898. The molecule has 0 aliphatic carbocycles. The number of phenolic OH excluding ortho intramolecular Hbond substituents is 1. The van der Waals surface area contributed by atoms with Crippen molar-refractivity contribution < 1.29 is 9.90 Å². The van der Waals surface area contributed by atoms with E-state index in [1.54, 1.807) is 29.2 Å². The van der Waals surface area contributed by atoms with Gasteiger partial charge in [-0.3, -0.25) is 4.79 Å². The topological polar surface area (TPSA) is 64.3 Å². The zero-order valence-electron chi connectivity index (χ0n) is 10.9. The van der Waals surface area contributed by atoms with Gasteiger partial charge in [-0.15, -0.1) is 0 Å². The van der Waals surface area contributed by atoms with Crippen molar-refractivity contribution in [2.75, 3.05) is 13.1 Å². The van der Waals surface area contributed by atoms with Crippen LogP contribution in [0.5, 0.6) is 5.75 Å². The van der Waals surface area contributed by atoms with Gasteiger partial charge in [0, 0.05) is 13.1 Å². The highest BCUT2D eigenvalue weighted by atomic mass is 16.3. The van der Waals surface area contributed by atoms with E-state index in [0.717, 1.165) is 31.5 Å². The standard InChI is InChI=1S/C15H18N2O2/c16-11-13(10-12-4-6-14(18)7-5-12)15(19)17-8-2-1-3-9-17/h4-7,13,18H,1-3,8-10H2. The molecular formula is C15H18N2O2. The third-order valence-electron chi connectivity index (χ3n) is 3.50. The molecule has 1 saturated heterocycles. The fourth-order valence-electron chi connectivity index (χ4n) is 2.39. The molecule has 1 atom stereocenters. The zero-order valence-corrected chi connectivity index (χ0v) is 10.9. The minimum Gasteiger partial charge on any atom is -0.508 e. The first-order valence-electron chi connectivity index (χ1n) is 6.67. The van der Waals surface area contributed by atoms with Crippen molar-refractivity contribution in [2.24, 2.45) is 5.92 Å². The molecule has 4 heteroatoms. The number of carbonyl (C=O) groups excluding carboxylic acids is 1. The molecule has 1 amide bonds. The highest BCUT2D eigenvalue weighted by molar-refractivity contribution is 5.81. The molecule has 4 nitrogen and oxygen atoms in total. The number of likely N-dealkylation sites (tertiary alicyclic amines) is 1. The van der Waals surface area contributed by atoms with Crippen molar-refractivity contribution in [3.63, 3.8) is 0 Å². The maximum Gasteiger partial charge on any atom is 0.240 e. The number of nitriles is 1. The molecule has 1 heterocycles. The van der Waals surface area contributed by atoms with Gasteiger partial charge < -0.3 is 10.0 Å². The van der Waals surface area contributed by atoms with Gasteiger partial charge in [0.25, 0.3) is 0 Å². The largest absolute Gasteiger partial charge is 0.508 e. The SMILES string of the molecule is N#CC(Cc1ccc(O)cc1)C(=O)N1CCCCC1. The Morgan fingerprint density at radius 3 is 2.47 bits per heavy atom. The van der Waals surface area contributed by atoms with E-state index in [1.807, 2.05) is 0 Å². The van der Waals surface area contributed by atoms with Crippen LogP contribution in [0.25, 0.3) is 0 Å². The van der Waals surface area contributed by atoms with Crippen LogP contribution in [0.4, 0.5) is 0 Å². The van der Waals surface area contributed by atoms with E-state index in [9.17, 15) is 15.2 Å². The number of hydrogen-bond acceptors (Lipinski definition) is 3. The average Bonchev–Trinajstić information content (AvgIpc) is 2.47. The fourth-order valence-corrected chi connectivity index (χ4v) is 2.39. The molecule has 1 unspecified atom stereocenters. The number of piperidine rings is 1. The van der Waals surface area contributed by atoms with E-state index in [-0.39, 0.29) is 11.7 Å². The van der Waals surface area contributed by atoms with Crippen LogP contribution < -0.4 is 0 Å². The van der Waals surface area contributed by atoms with Crippen LogP contribution in [-0.2, 0) is 11.2 Å². The smallest absolute Gasteiger partial charge is 0.240 e. The molecule has 0 radical (unpaired) electrons. The van der Waals surface area contributed by atoms with Gasteiger partial charge in [0.15, 0.2) is 0 Å². The van der Waals surface area contributed by atoms with Gasteiger partial charge in [0.05, 0.1) is 6.07 Å². The summed E-state index contributed by atoms with van der Waals surface area (Å²) in [6.45, 7) is 1.54. The molecule has 1 fully saturated rings. The summed E-state index contributed by atoms with van der Waals surface area (Å²) in [6.07, 6.45) is 3.64. The summed E-state index contributed by atoms with van der Waals surface area (Å²) in [5, 5.41) is 18.4. The van der Waals surface area contributed by atoms with E-state index in [4.69, 9.17) is 0 Å². The Bertz CT molecular complexity index is 470. The molecule has 100 valence electrons. The lowest BCUT2D eigenvalue weighted by atomic mass is 9.98. The molecule has 19 heavy (non-hydrogen) atoms. The maximum absolute atomic E-state index is 12.3. The second kappa shape index (κ2) is 6.24. The first-order valence-corrected chi connectivity index (χ1v) is 6.67. The molecule has 2 rings (SSSR count). The second-order valence-corrected chi connectivity index (χ2v) is 4.94. The number of amides is 1. The van der Waals surface area contributed by atoms with Crippen LogP contribution >= 0.6 is 0 Å². The molecule has 1 N–H and O–H groups in total. The number of carbonyl (C=O) groups is 1. The van der Waals surface area contributed by atoms with Crippen LogP contribution in [0.2, 0.25) is 0 Å². The molecule has 1 aromatic carbocycles. The van der Waals surface area contributed by atoms with Gasteiger partial charge in [-0.1, -0.05) is 12.1 Å². The van der Waals surface area contributed by atoms with Gasteiger partial charge in [-0.25, -0.2) is 0 Å². The van der Waals surface area contributed by atoms with Crippen molar-refractivity contribution in [1.82, 2.24) is 4.90 Å². The van der Waals surface area contributed by atoms with E-state index in [2.05, 4.69) is 6.07 Å². The van der Waals surface area contributed by atoms with Crippen LogP contribution in [0.3, 0.4) is 0 Å². The van der Waals surface area contributed by atoms with Crippen LogP contribution in [0.15, 0.2) is 24.3 Å². The third kappa shape index (κ3) is 3.47. The second-order valence-electron chi connectivity index (χ2n) is 4.94. The molecule has 1 aromatic rings. The summed E-state index contributed by atoms with van der Waals surface area (Å²) < 4.78 is 0. The lowest BCUT2D eigenvalue weighted by molar-refractivity contribution is -0.134. The fraction of sp³-hybridized carbons (Fsp3) is 0.467. The Labute approximate surface area is 113 Å². The van der Waals surface area contributed by atoms with Crippen molar-refractivity contribution in [3.05, 3.63) is 29.8 Å². The molecular weight excluding hydrogens is 240 g/mol. The average molecular weight is 258 g/mol. The molecule has 1 aliphatic rings. The molecule has 0 aromatic heterocycles. The number of nitrogens with zero attached hydrogens (tertiary/aromatic N) is 2. The number of phenols is 1. The normalized spacial score (nSPS) is 16.7. The van der Waals surface area contributed by atoms with Gasteiger partial charge in [0.2, 0.25) is 5.91 Å². The van der Waals surface area contributed by atoms with Crippen molar-refractivity contribution in [1.29, 1.82) is 5.26 Å². The Hall–Kier alpha value is -2.02. The predicted molar refractivity (Wildman–Crippen MR) is 71.3 cm³/mol. The predicted octanol–water partition coefficient (Wildman–Crippen LogP) is 2.09.